The van der Waals surface area contributed by atoms with Crippen LogP contribution in [0.1, 0.15) is 12.0 Å². The third-order valence-electron chi connectivity index (χ3n) is 2.16. The average molecular weight is 293 g/mol. The number of benzene rings is 1. The molecule has 18 heavy (non-hydrogen) atoms. The molecule has 0 aromatic heterocycles. The van der Waals surface area contributed by atoms with Gasteiger partial charge in [-0.2, -0.15) is 11.8 Å². The number of carbonyl (C=O) groups excluding carboxylic acids is 1. The highest BCUT2D eigenvalue weighted by Crippen LogP contribution is 2.14. The van der Waals surface area contributed by atoms with Crippen molar-refractivity contribution in [1.82, 2.24) is 5.32 Å². The molecule has 0 bridgehead atoms. The zero-order valence-electron chi connectivity index (χ0n) is 10.0. The molecular weight excluding hydrogens is 275 g/mol. The number of hydrogen-bond donors (Lipinski definition) is 2. The molecule has 3 nitrogen and oxygen atoms in total. The molecule has 0 unspecified atom stereocenters. The van der Waals surface area contributed by atoms with Crippen LogP contribution in [0.3, 0.4) is 0 Å². The molecule has 0 saturated carbocycles. The molecule has 0 spiro atoms. The summed E-state index contributed by atoms with van der Waals surface area (Å²) >= 11 is 1.59. The predicted octanol–water partition coefficient (Wildman–Crippen LogP) is 1.95. The van der Waals surface area contributed by atoms with E-state index in [1.807, 2.05) is 6.07 Å². The molecule has 1 aromatic rings. The number of halogens is 2. The van der Waals surface area contributed by atoms with E-state index in [2.05, 4.69) is 5.32 Å². The predicted molar refractivity (Wildman–Crippen MR) is 76.5 cm³/mol. The summed E-state index contributed by atoms with van der Waals surface area (Å²) in [7, 11) is 0. The Morgan fingerprint density at radius 3 is 2.78 bits per heavy atom. The third kappa shape index (κ3) is 6.83. The van der Waals surface area contributed by atoms with Crippen molar-refractivity contribution >= 4 is 30.1 Å². The average Bonchev–Trinajstić information content (AvgIpc) is 2.31. The van der Waals surface area contributed by atoms with Crippen LogP contribution in [0.2, 0.25) is 0 Å². The van der Waals surface area contributed by atoms with E-state index < -0.39 is 0 Å². The Bertz CT molecular complexity index is 366. The van der Waals surface area contributed by atoms with Gasteiger partial charge < -0.3 is 11.1 Å². The van der Waals surface area contributed by atoms with Gasteiger partial charge in [-0.25, -0.2) is 4.39 Å². The number of thioether (sulfide) groups is 1. The smallest absolute Gasteiger partial charge is 0.221 e. The number of carbonyl (C=O) groups is 1. The van der Waals surface area contributed by atoms with Crippen LogP contribution >= 0.6 is 24.2 Å². The van der Waals surface area contributed by atoms with E-state index in [-0.39, 0.29) is 24.1 Å². The first-order valence-corrected chi connectivity index (χ1v) is 6.67. The first kappa shape index (κ1) is 17.2. The van der Waals surface area contributed by atoms with Crippen molar-refractivity contribution < 1.29 is 9.18 Å². The van der Waals surface area contributed by atoms with Gasteiger partial charge in [0.15, 0.2) is 0 Å². The number of hydrogen-bond acceptors (Lipinski definition) is 3. The zero-order chi connectivity index (χ0) is 12.5. The molecule has 3 N–H and O–H groups in total. The topological polar surface area (TPSA) is 55.1 Å². The van der Waals surface area contributed by atoms with Gasteiger partial charge in [-0.05, 0) is 11.6 Å². The fourth-order valence-electron chi connectivity index (χ4n) is 1.28. The van der Waals surface area contributed by atoms with E-state index in [0.29, 0.717) is 30.8 Å². The minimum atomic E-state index is -0.174. The third-order valence-corrected chi connectivity index (χ3v) is 3.16. The fourth-order valence-corrected chi connectivity index (χ4v) is 2.12. The van der Waals surface area contributed by atoms with E-state index >= 15 is 0 Å². The van der Waals surface area contributed by atoms with E-state index in [1.54, 1.807) is 23.9 Å². The molecule has 0 radical (unpaired) electrons. The van der Waals surface area contributed by atoms with Crippen LogP contribution in [-0.4, -0.2) is 24.7 Å². The lowest BCUT2D eigenvalue weighted by Crippen LogP contribution is -2.27. The summed E-state index contributed by atoms with van der Waals surface area (Å²) in [5.74, 6) is 1.19. The minimum absolute atomic E-state index is 0. The SMILES string of the molecule is Cl.NCCC(=O)NCCSCc1ccccc1F. The summed E-state index contributed by atoms with van der Waals surface area (Å²) < 4.78 is 13.2. The molecule has 0 atom stereocenters. The summed E-state index contributed by atoms with van der Waals surface area (Å²) in [6, 6.07) is 6.73. The summed E-state index contributed by atoms with van der Waals surface area (Å²) in [6.07, 6.45) is 0.359. The molecule has 0 fully saturated rings. The summed E-state index contributed by atoms with van der Waals surface area (Å²) in [5, 5.41) is 2.75. The maximum atomic E-state index is 13.2. The lowest BCUT2D eigenvalue weighted by Gasteiger charge is -2.05. The van der Waals surface area contributed by atoms with Gasteiger partial charge in [0.05, 0.1) is 0 Å². The van der Waals surface area contributed by atoms with Crippen molar-refractivity contribution in [3.63, 3.8) is 0 Å². The van der Waals surface area contributed by atoms with Crippen LogP contribution in [0.4, 0.5) is 4.39 Å². The van der Waals surface area contributed by atoms with Gasteiger partial charge in [-0.1, -0.05) is 18.2 Å². The van der Waals surface area contributed by atoms with Crippen molar-refractivity contribution in [3.05, 3.63) is 35.6 Å². The number of rotatable bonds is 7. The van der Waals surface area contributed by atoms with Gasteiger partial charge in [-0.15, -0.1) is 12.4 Å². The molecule has 1 aromatic carbocycles. The minimum Gasteiger partial charge on any atom is -0.355 e. The Labute approximate surface area is 117 Å². The van der Waals surface area contributed by atoms with Gasteiger partial charge in [0.2, 0.25) is 5.91 Å². The van der Waals surface area contributed by atoms with Crippen molar-refractivity contribution in [2.75, 3.05) is 18.8 Å². The summed E-state index contributed by atoms with van der Waals surface area (Å²) in [5.41, 5.74) is 5.94. The molecule has 0 aliphatic rings. The molecule has 0 saturated heterocycles. The number of nitrogens with two attached hydrogens (primary N) is 1. The second-order valence-electron chi connectivity index (χ2n) is 3.53. The van der Waals surface area contributed by atoms with Gasteiger partial charge >= 0.3 is 0 Å². The van der Waals surface area contributed by atoms with Crippen molar-refractivity contribution in [1.29, 1.82) is 0 Å². The Balaban J connectivity index is 0.00000289. The Morgan fingerprint density at radius 2 is 2.11 bits per heavy atom. The van der Waals surface area contributed by atoms with E-state index in [0.717, 1.165) is 5.75 Å². The molecular formula is C12H18ClFN2OS. The van der Waals surface area contributed by atoms with Gasteiger partial charge in [0, 0.05) is 31.0 Å². The standard InChI is InChI=1S/C12H17FN2OS.ClH/c13-11-4-2-1-3-10(11)9-17-8-7-15-12(16)5-6-14;/h1-4H,5-9,14H2,(H,15,16);1H. The van der Waals surface area contributed by atoms with E-state index in [1.165, 1.54) is 6.07 Å². The van der Waals surface area contributed by atoms with Gasteiger partial charge in [0.25, 0.3) is 0 Å². The van der Waals surface area contributed by atoms with Crippen LogP contribution in [0.25, 0.3) is 0 Å². The largest absolute Gasteiger partial charge is 0.355 e. The summed E-state index contributed by atoms with van der Waals surface area (Å²) in [6.45, 7) is 0.964. The highest BCUT2D eigenvalue weighted by atomic mass is 35.5. The first-order valence-electron chi connectivity index (χ1n) is 5.52. The first-order chi connectivity index (χ1) is 8.24. The Hall–Kier alpha value is -0.780. The molecule has 102 valence electrons. The van der Waals surface area contributed by atoms with Crippen LogP contribution in [-0.2, 0) is 10.5 Å². The maximum absolute atomic E-state index is 13.2. The van der Waals surface area contributed by atoms with Crippen LogP contribution in [0.15, 0.2) is 24.3 Å². The second-order valence-corrected chi connectivity index (χ2v) is 4.64. The monoisotopic (exact) mass is 292 g/mol. The van der Waals surface area contributed by atoms with Gasteiger partial charge in [0.1, 0.15) is 5.82 Å². The van der Waals surface area contributed by atoms with Crippen LogP contribution in [0.5, 0.6) is 0 Å². The maximum Gasteiger partial charge on any atom is 0.221 e. The van der Waals surface area contributed by atoms with Gasteiger partial charge in [-0.3, -0.25) is 4.79 Å². The van der Waals surface area contributed by atoms with Crippen molar-refractivity contribution in [2.45, 2.75) is 12.2 Å². The lowest BCUT2D eigenvalue weighted by atomic mass is 10.2. The normalized spacial score (nSPS) is 9.67. The van der Waals surface area contributed by atoms with Crippen molar-refractivity contribution in [2.24, 2.45) is 5.73 Å². The van der Waals surface area contributed by atoms with E-state index in [4.69, 9.17) is 5.73 Å². The number of nitrogens with one attached hydrogen (secondary N) is 1. The molecule has 0 aliphatic heterocycles. The Morgan fingerprint density at radius 1 is 1.39 bits per heavy atom. The highest BCUT2D eigenvalue weighted by Gasteiger charge is 2.01. The highest BCUT2D eigenvalue weighted by molar-refractivity contribution is 7.98. The molecule has 0 heterocycles. The zero-order valence-corrected chi connectivity index (χ0v) is 11.7. The van der Waals surface area contributed by atoms with E-state index in [9.17, 15) is 9.18 Å². The van der Waals surface area contributed by atoms with Crippen LogP contribution < -0.4 is 11.1 Å². The lowest BCUT2D eigenvalue weighted by molar-refractivity contribution is -0.120. The fraction of sp³-hybridized carbons (Fsp3) is 0.417. The van der Waals surface area contributed by atoms with Crippen LogP contribution in [0, 0.1) is 5.82 Å². The summed E-state index contributed by atoms with van der Waals surface area (Å²) in [4.78, 5) is 11.1. The second kappa shape index (κ2) is 10.2. The molecule has 1 amide bonds. The molecule has 0 aliphatic carbocycles. The molecule has 1 rings (SSSR count). The number of amides is 1. The Kier molecular flexibility index (Phi) is 9.73. The van der Waals surface area contributed by atoms with Crippen molar-refractivity contribution in [3.8, 4) is 0 Å². The quantitative estimate of drug-likeness (QED) is 0.755. The molecule has 6 heteroatoms.